The van der Waals surface area contributed by atoms with Gasteiger partial charge in [-0.25, -0.2) is 0 Å². The standard InChI is InChI=1S/C18H32O4/c19-17-13-9-10-14-18(20)22-16-12-8-6-4-2-1-3-5-7-11-15-21-17/h1-16H2. The van der Waals surface area contributed by atoms with Gasteiger partial charge in [-0.1, -0.05) is 51.4 Å². The molecule has 0 atom stereocenters. The summed E-state index contributed by atoms with van der Waals surface area (Å²) in [6, 6.07) is 0. The summed E-state index contributed by atoms with van der Waals surface area (Å²) in [5.41, 5.74) is 0. The Morgan fingerprint density at radius 2 is 0.773 bits per heavy atom. The van der Waals surface area contributed by atoms with Crippen LogP contribution in [0.1, 0.15) is 89.9 Å². The van der Waals surface area contributed by atoms with Gasteiger partial charge < -0.3 is 9.47 Å². The van der Waals surface area contributed by atoms with Gasteiger partial charge in [0.2, 0.25) is 0 Å². The first kappa shape index (κ1) is 19.0. The maximum atomic E-state index is 11.5. The van der Waals surface area contributed by atoms with Gasteiger partial charge >= 0.3 is 11.9 Å². The second-order valence-corrected chi connectivity index (χ2v) is 6.18. The van der Waals surface area contributed by atoms with E-state index in [-0.39, 0.29) is 11.9 Å². The van der Waals surface area contributed by atoms with Gasteiger partial charge in [-0.15, -0.1) is 0 Å². The smallest absolute Gasteiger partial charge is 0.305 e. The highest BCUT2D eigenvalue weighted by Crippen LogP contribution is 2.11. The van der Waals surface area contributed by atoms with Crippen molar-refractivity contribution in [3.05, 3.63) is 0 Å². The van der Waals surface area contributed by atoms with Crippen LogP contribution >= 0.6 is 0 Å². The Morgan fingerprint density at radius 3 is 1.14 bits per heavy atom. The summed E-state index contributed by atoms with van der Waals surface area (Å²) < 4.78 is 10.4. The Hall–Kier alpha value is -1.06. The number of ether oxygens (including phenoxy) is 2. The van der Waals surface area contributed by atoms with E-state index in [2.05, 4.69) is 0 Å². The van der Waals surface area contributed by atoms with Gasteiger partial charge in [0.05, 0.1) is 13.2 Å². The van der Waals surface area contributed by atoms with E-state index in [9.17, 15) is 9.59 Å². The van der Waals surface area contributed by atoms with Crippen LogP contribution in [0.25, 0.3) is 0 Å². The van der Waals surface area contributed by atoms with Crippen LogP contribution in [0.3, 0.4) is 0 Å². The van der Waals surface area contributed by atoms with Crippen LogP contribution in [0, 0.1) is 0 Å². The molecule has 0 saturated carbocycles. The van der Waals surface area contributed by atoms with Crippen molar-refractivity contribution in [2.75, 3.05) is 13.2 Å². The number of carbonyl (C=O) groups is 2. The molecule has 0 radical (unpaired) electrons. The first-order valence-electron chi connectivity index (χ1n) is 9.10. The van der Waals surface area contributed by atoms with E-state index in [4.69, 9.17) is 9.47 Å². The summed E-state index contributed by atoms with van der Waals surface area (Å²) in [5, 5.41) is 0. The molecule has 22 heavy (non-hydrogen) atoms. The summed E-state index contributed by atoms with van der Waals surface area (Å²) in [4.78, 5) is 23.0. The highest BCUT2D eigenvalue weighted by Gasteiger charge is 2.06. The van der Waals surface area contributed by atoms with Crippen LogP contribution < -0.4 is 0 Å². The van der Waals surface area contributed by atoms with Crippen LogP contribution in [0.4, 0.5) is 0 Å². The van der Waals surface area contributed by atoms with E-state index in [1.165, 1.54) is 38.5 Å². The summed E-state index contributed by atoms with van der Waals surface area (Å²) in [6.07, 6.45) is 14.1. The van der Waals surface area contributed by atoms with Crippen LogP contribution in [0.5, 0.6) is 0 Å². The Balaban J connectivity index is 2.18. The molecule has 1 fully saturated rings. The topological polar surface area (TPSA) is 52.6 Å². The molecule has 0 spiro atoms. The highest BCUT2D eigenvalue weighted by atomic mass is 16.5. The molecule has 1 heterocycles. The van der Waals surface area contributed by atoms with Gasteiger partial charge in [-0.2, -0.15) is 0 Å². The molecule has 1 aliphatic rings. The highest BCUT2D eigenvalue weighted by molar-refractivity contribution is 5.70. The number of cyclic esters (lactones) is 2. The van der Waals surface area contributed by atoms with Crippen molar-refractivity contribution < 1.29 is 19.1 Å². The molecule has 1 rings (SSSR count). The molecule has 1 saturated heterocycles. The first-order valence-corrected chi connectivity index (χ1v) is 9.10. The molecule has 128 valence electrons. The maximum Gasteiger partial charge on any atom is 0.305 e. The van der Waals surface area contributed by atoms with E-state index in [1.807, 2.05) is 0 Å². The van der Waals surface area contributed by atoms with E-state index >= 15 is 0 Å². The van der Waals surface area contributed by atoms with Gasteiger partial charge in [0.15, 0.2) is 0 Å². The SMILES string of the molecule is O=C1CCCCC(=O)OCCCCCCCCCCCCO1. The van der Waals surface area contributed by atoms with Gasteiger partial charge in [-0.05, 0) is 25.7 Å². The predicted molar refractivity (Wildman–Crippen MR) is 86.6 cm³/mol. The fourth-order valence-corrected chi connectivity index (χ4v) is 2.67. The molecule has 0 aliphatic carbocycles. The molecule has 0 aromatic heterocycles. The van der Waals surface area contributed by atoms with Gasteiger partial charge in [0.25, 0.3) is 0 Å². The van der Waals surface area contributed by atoms with Crippen molar-refractivity contribution in [3.63, 3.8) is 0 Å². The fraction of sp³-hybridized carbons (Fsp3) is 0.889. The largest absolute Gasteiger partial charge is 0.466 e. The average Bonchev–Trinajstić information content (AvgIpc) is 2.51. The van der Waals surface area contributed by atoms with Crippen molar-refractivity contribution in [3.8, 4) is 0 Å². The zero-order valence-electron chi connectivity index (χ0n) is 13.9. The van der Waals surface area contributed by atoms with Gasteiger partial charge in [0.1, 0.15) is 0 Å². The third-order valence-corrected chi connectivity index (χ3v) is 4.08. The second-order valence-electron chi connectivity index (χ2n) is 6.18. The van der Waals surface area contributed by atoms with Crippen molar-refractivity contribution >= 4 is 11.9 Å². The molecule has 0 bridgehead atoms. The van der Waals surface area contributed by atoms with Crippen LogP contribution in [0.15, 0.2) is 0 Å². The number of esters is 2. The second kappa shape index (κ2) is 13.6. The normalized spacial score (nSPS) is 22.4. The van der Waals surface area contributed by atoms with Crippen molar-refractivity contribution in [1.29, 1.82) is 0 Å². The quantitative estimate of drug-likeness (QED) is 0.616. The molecule has 0 N–H and O–H groups in total. The summed E-state index contributed by atoms with van der Waals surface area (Å²) in [6.45, 7) is 1.09. The first-order chi connectivity index (χ1) is 10.8. The van der Waals surface area contributed by atoms with Crippen LogP contribution in [-0.4, -0.2) is 25.2 Å². The van der Waals surface area contributed by atoms with Crippen LogP contribution in [-0.2, 0) is 19.1 Å². The van der Waals surface area contributed by atoms with E-state index in [1.54, 1.807) is 0 Å². The molecule has 4 heteroatoms. The van der Waals surface area contributed by atoms with Crippen molar-refractivity contribution in [2.45, 2.75) is 89.9 Å². The summed E-state index contributed by atoms with van der Waals surface area (Å²) in [5.74, 6) is -0.273. The number of rotatable bonds is 0. The van der Waals surface area contributed by atoms with Crippen molar-refractivity contribution in [2.24, 2.45) is 0 Å². The van der Waals surface area contributed by atoms with Crippen molar-refractivity contribution in [1.82, 2.24) is 0 Å². The molecular formula is C18H32O4. The zero-order valence-corrected chi connectivity index (χ0v) is 13.9. The maximum absolute atomic E-state index is 11.5. The zero-order chi connectivity index (χ0) is 15.9. The predicted octanol–water partition coefficient (Wildman–Crippen LogP) is 4.55. The molecule has 0 amide bonds. The number of hydrogen-bond donors (Lipinski definition) is 0. The third kappa shape index (κ3) is 11.6. The monoisotopic (exact) mass is 312 g/mol. The van der Waals surface area contributed by atoms with Gasteiger partial charge in [0, 0.05) is 12.8 Å². The molecule has 1 aliphatic heterocycles. The van der Waals surface area contributed by atoms with E-state index < -0.39 is 0 Å². The summed E-state index contributed by atoms with van der Waals surface area (Å²) >= 11 is 0. The lowest BCUT2D eigenvalue weighted by Gasteiger charge is -2.07. The van der Waals surface area contributed by atoms with E-state index in [0.29, 0.717) is 38.9 Å². The minimum Gasteiger partial charge on any atom is -0.466 e. The molecule has 0 aromatic rings. The van der Waals surface area contributed by atoms with Gasteiger partial charge in [-0.3, -0.25) is 9.59 Å². The Labute approximate surface area is 134 Å². The molecule has 0 unspecified atom stereocenters. The Bertz CT molecular complexity index is 271. The molecule has 0 aromatic carbocycles. The summed E-state index contributed by atoms with van der Waals surface area (Å²) in [7, 11) is 0. The Morgan fingerprint density at radius 1 is 0.455 bits per heavy atom. The third-order valence-electron chi connectivity index (χ3n) is 4.08. The Kier molecular flexibility index (Phi) is 11.7. The average molecular weight is 312 g/mol. The minimum absolute atomic E-state index is 0.136. The lowest BCUT2D eigenvalue weighted by Crippen LogP contribution is -2.08. The number of hydrogen-bond acceptors (Lipinski definition) is 4. The molecular weight excluding hydrogens is 280 g/mol. The minimum atomic E-state index is -0.136. The fourth-order valence-electron chi connectivity index (χ4n) is 2.67. The van der Waals surface area contributed by atoms with E-state index in [0.717, 1.165) is 25.7 Å². The number of carbonyl (C=O) groups excluding carboxylic acids is 2. The lowest BCUT2D eigenvalue weighted by molar-refractivity contribution is -0.146. The van der Waals surface area contributed by atoms with Crippen LogP contribution in [0.2, 0.25) is 0 Å². The molecule has 4 nitrogen and oxygen atoms in total. The lowest BCUT2D eigenvalue weighted by atomic mass is 10.1.